The molecule has 1 aromatic heterocycles. The highest BCUT2D eigenvalue weighted by Crippen LogP contribution is 2.40. The molecule has 3 N–H and O–H groups in total. The Hall–Kier alpha value is -1.98. The van der Waals surface area contributed by atoms with Gasteiger partial charge in [0.15, 0.2) is 0 Å². The molecule has 0 spiro atoms. The summed E-state index contributed by atoms with van der Waals surface area (Å²) in [5.41, 5.74) is -3.34. The smallest absolute Gasteiger partial charge is 0.374 e. The van der Waals surface area contributed by atoms with Crippen LogP contribution in [-0.4, -0.2) is 46.1 Å². The summed E-state index contributed by atoms with van der Waals surface area (Å²) in [5.74, 6) is -0.692. The van der Waals surface area contributed by atoms with Crippen molar-refractivity contribution in [1.29, 1.82) is 0 Å². The van der Waals surface area contributed by atoms with Crippen molar-refractivity contribution in [2.24, 2.45) is 7.05 Å². The van der Waals surface area contributed by atoms with Crippen LogP contribution in [0.5, 0.6) is 0 Å². The molecule has 0 bridgehead atoms. The van der Waals surface area contributed by atoms with Gasteiger partial charge in [-0.15, -0.1) is 0 Å². The normalized spacial score (nSPS) is 15.1. The maximum absolute atomic E-state index is 13.1. The SMILES string of the molecule is Cn1ccnc1[C@](O)(CCNC(=O)NCC(F)(F)F)C(F)(F)F. The monoisotopic (exact) mass is 348 g/mol. The van der Waals surface area contributed by atoms with Crippen molar-refractivity contribution in [2.75, 3.05) is 13.1 Å². The third kappa shape index (κ3) is 5.01. The quantitative estimate of drug-likeness (QED) is 0.704. The highest BCUT2D eigenvalue weighted by atomic mass is 19.4. The van der Waals surface area contributed by atoms with E-state index >= 15 is 0 Å². The van der Waals surface area contributed by atoms with Gasteiger partial charge in [-0.2, -0.15) is 26.3 Å². The first kappa shape index (κ1) is 19.1. The van der Waals surface area contributed by atoms with Crippen LogP contribution in [0.1, 0.15) is 12.2 Å². The lowest BCUT2D eigenvalue weighted by Crippen LogP contribution is -2.48. The maximum atomic E-state index is 13.1. The topological polar surface area (TPSA) is 79.2 Å². The molecule has 12 heteroatoms. The molecule has 1 aromatic rings. The van der Waals surface area contributed by atoms with Crippen LogP contribution in [-0.2, 0) is 12.6 Å². The van der Waals surface area contributed by atoms with Crippen molar-refractivity contribution < 1.29 is 36.2 Å². The number of carbonyl (C=O) groups excluding carboxylic acids is 1. The number of rotatable bonds is 5. The minimum Gasteiger partial charge on any atom is -0.374 e. The molecule has 0 saturated carbocycles. The Bertz CT molecular complexity index is 541. The van der Waals surface area contributed by atoms with Crippen molar-refractivity contribution in [2.45, 2.75) is 24.4 Å². The molecule has 23 heavy (non-hydrogen) atoms. The number of nitrogens with zero attached hydrogens (tertiary/aromatic N) is 2. The first-order chi connectivity index (χ1) is 10.4. The standard InChI is InChI=1S/C11H14F6N4O2/c1-21-5-4-18-7(21)9(23,11(15,16)17)2-3-19-8(22)20-6-10(12,13)14/h4-5,23H,2-3,6H2,1H3,(H2,19,20,22)/t9-/m1/s1. The van der Waals surface area contributed by atoms with Crippen molar-refractivity contribution in [1.82, 2.24) is 20.2 Å². The van der Waals surface area contributed by atoms with E-state index in [0.29, 0.717) is 0 Å². The predicted molar refractivity (Wildman–Crippen MR) is 65.2 cm³/mol. The molecule has 6 nitrogen and oxygen atoms in total. The Morgan fingerprint density at radius 1 is 1.26 bits per heavy atom. The summed E-state index contributed by atoms with van der Waals surface area (Å²) in [6, 6.07) is -1.30. The fourth-order valence-corrected chi connectivity index (χ4v) is 1.74. The Morgan fingerprint density at radius 3 is 2.30 bits per heavy atom. The minimum atomic E-state index is -5.09. The van der Waals surface area contributed by atoms with Crippen LogP contribution in [0.4, 0.5) is 31.1 Å². The highest BCUT2D eigenvalue weighted by molar-refractivity contribution is 5.73. The summed E-state index contributed by atoms with van der Waals surface area (Å²) < 4.78 is 75.9. The molecule has 0 aliphatic heterocycles. The summed E-state index contributed by atoms with van der Waals surface area (Å²) in [6.07, 6.45) is -8.50. The van der Waals surface area contributed by atoms with Crippen LogP contribution in [0.25, 0.3) is 0 Å². The molecule has 1 atom stereocenters. The maximum Gasteiger partial charge on any atom is 0.424 e. The summed E-state index contributed by atoms with van der Waals surface area (Å²) in [4.78, 5) is 14.5. The third-order valence-electron chi connectivity index (χ3n) is 2.88. The largest absolute Gasteiger partial charge is 0.424 e. The van der Waals surface area contributed by atoms with Crippen molar-refractivity contribution in [3.8, 4) is 0 Å². The number of aromatic nitrogens is 2. The summed E-state index contributed by atoms with van der Waals surface area (Å²) in [5, 5.41) is 13.2. The molecule has 0 fully saturated rings. The van der Waals surface area contributed by atoms with Crippen LogP contribution < -0.4 is 10.6 Å². The lowest BCUT2D eigenvalue weighted by molar-refractivity contribution is -0.272. The summed E-state index contributed by atoms with van der Waals surface area (Å²) in [7, 11) is 1.24. The number of alkyl halides is 6. The van der Waals surface area contributed by atoms with Crippen LogP contribution in [0.15, 0.2) is 12.4 Å². The molecular weight excluding hydrogens is 334 g/mol. The Morgan fingerprint density at radius 2 is 1.87 bits per heavy atom. The zero-order valence-corrected chi connectivity index (χ0v) is 11.8. The summed E-state index contributed by atoms with van der Waals surface area (Å²) >= 11 is 0. The van der Waals surface area contributed by atoms with Crippen molar-refractivity contribution in [3.63, 3.8) is 0 Å². The third-order valence-corrected chi connectivity index (χ3v) is 2.88. The molecule has 0 aromatic carbocycles. The van der Waals surface area contributed by atoms with Gasteiger partial charge >= 0.3 is 18.4 Å². The first-order valence-electron chi connectivity index (χ1n) is 6.22. The zero-order chi connectivity index (χ0) is 17.9. The van der Waals surface area contributed by atoms with E-state index in [1.807, 2.05) is 5.32 Å². The van der Waals surface area contributed by atoms with Gasteiger partial charge in [0.05, 0.1) is 0 Å². The minimum absolute atomic E-state index is 0.692. The van der Waals surface area contributed by atoms with Crippen LogP contribution in [0.3, 0.4) is 0 Å². The number of carbonyl (C=O) groups is 1. The predicted octanol–water partition coefficient (Wildman–Crippen LogP) is 1.42. The van der Waals surface area contributed by atoms with E-state index in [9.17, 15) is 36.2 Å². The lowest BCUT2D eigenvalue weighted by Gasteiger charge is -2.29. The zero-order valence-electron chi connectivity index (χ0n) is 11.8. The Labute approximate surface area is 126 Å². The molecule has 0 radical (unpaired) electrons. The number of halogens is 6. The van der Waals surface area contributed by atoms with Crippen LogP contribution >= 0.6 is 0 Å². The highest BCUT2D eigenvalue weighted by Gasteiger charge is 2.57. The fourth-order valence-electron chi connectivity index (χ4n) is 1.74. The molecule has 0 unspecified atom stereocenters. The van der Waals surface area contributed by atoms with Crippen LogP contribution in [0, 0.1) is 0 Å². The van der Waals surface area contributed by atoms with E-state index in [1.54, 1.807) is 0 Å². The Balaban J connectivity index is 2.68. The first-order valence-corrected chi connectivity index (χ1v) is 6.22. The van der Waals surface area contributed by atoms with Gasteiger partial charge < -0.3 is 20.3 Å². The number of hydrogen-bond acceptors (Lipinski definition) is 3. The van der Waals surface area contributed by atoms with E-state index in [4.69, 9.17) is 0 Å². The number of aryl methyl sites for hydroxylation is 1. The number of aliphatic hydroxyl groups is 1. The number of amides is 2. The van der Waals surface area contributed by atoms with Gasteiger partial charge in [0, 0.05) is 32.4 Å². The van der Waals surface area contributed by atoms with Gasteiger partial charge in [-0.25, -0.2) is 9.78 Å². The number of nitrogens with one attached hydrogen (secondary N) is 2. The van der Waals surface area contributed by atoms with E-state index < -0.39 is 49.3 Å². The molecular formula is C11H14F6N4O2. The van der Waals surface area contributed by atoms with Gasteiger partial charge in [-0.3, -0.25) is 0 Å². The molecule has 1 rings (SSSR count). The number of hydrogen-bond donors (Lipinski definition) is 3. The second kappa shape index (κ2) is 6.64. The summed E-state index contributed by atoms with van der Waals surface area (Å²) in [6.45, 7) is -2.34. The second-order valence-electron chi connectivity index (χ2n) is 4.69. The molecule has 132 valence electrons. The van der Waals surface area contributed by atoms with Gasteiger partial charge in [0.25, 0.3) is 0 Å². The van der Waals surface area contributed by atoms with Gasteiger partial charge in [-0.1, -0.05) is 0 Å². The van der Waals surface area contributed by atoms with E-state index in [-0.39, 0.29) is 0 Å². The van der Waals surface area contributed by atoms with Crippen molar-refractivity contribution >= 4 is 6.03 Å². The van der Waals surface area contributed by atoms with Gasteiger partial charge in [0.1, 0.15) is 12.4 Å². The molecule has 0 aliphatic rings. The second-order valence-corrected chi connectivity index (χ2v) is 4.69. The number of urea groups is 1. The van der Waals surface area contributed by atoms with E-state index in [2.05, 4.69) is 4.98 Å². The van der Waals surface area contributed by atoms with E-state index in [1.165, 1.54) is 18.6 Å². The Kier molecular flexibility index (Phi) is 5.51. The van der Waals surface area contributed by atoms with Crippen molar-refractivity contribution in [3.05, 3.63) is 18.2 Å². The lowest BCUT2D eigenvalue weighted by atomic mass is 9.97. The average Bonchev–Trinajstić information content (AvgIpc) is 2.80. The van der Waals surface area contributed by atoms with Crippen LogP contribution in [0.2, 0.25) is 0 Å². The molecule has 0 saturated heterocycles. The molecule has 1 heterocycles. The fraction of sp³-hybridized carbons (Fsp3) is 0.636. The van der Waals surface area contributed by atoms with Gasteiger partial charge in [-0.05, 0) is 0 Å². The van der Waals surface area contributed by atoms with Gasteiger partial charge in [0.2, 0.25) is 5.60 Å². The number of imidazole rings is 1. The average molecular weight is 348 g/mol. The molecule has 2 amide bonds. The van der Waals surface area contributed by atoms with E-state index in [0.717, 1.165) is 10.8 Å². The molecule has 0 aliphatic carbocycles.